The van der Waals surface area contributed by atoms with Crippen molar-refractivity contribution in [3.63, 3.8) is 0 Å². The molecule has 0 aliphatic carbocycles. The molecule has 0 saturated heterocycles. The summed E-state index contributed by atoms with van der Waals surface area (Å²) in [4.78, 5) is 0. The molecule has 0 aliphatic heterocycles. The number of halogens is 1. The lowest BCUT2D eigenvalue weighted by atomic mass is 9.96. The molecule has 3 N–H and O–H groups in total. The summed E-state index contributed by atoms with van der Waals surface area (Å²) in [5, 5.41) is 10.4. The highest BCUT2D eigenvalue weighted by Gasteiger charge is 2.11. The molecule has 1 rings (SSSR count). The van der Waals surface area contributed by atoms with Gasteiger partial charge in [-0.2, -0.15) is 0 Å². The van der Waals surface area contributed by atoms with E-state index in [0.29, 0.717) is 17.3 Å². The Balaban J connectivity index is 3.02. The minimum atomic E-state index is 0.248. The van der Waals surface area contributed by atoms with Gasteiger partial charge in [-0.05, 0) is 49.1 Å². The van der Waals surface area contributed by atoms with Crippen LogP contribution in [0.15, 0.2) is 12.1 Å². The Bertz CT molecular complexity index is 325. The van der Waals surface area contributed by atoms with Gasteiger partial charge in [-0.15, -0.1) is 0 Å². The van der Waals surface area contributed by atoms with Gasteiger partial charge < -0.3 is 10.8 Å². The van der Waals surface area contributed by atoms with Crippen molar-refractivity contribution in [1.29, 1.82) is 0 Å². The molecule has 0 aliphatic rings. The van der Waals surface area contributed by atoms with Gasteiger partial charge in [-0.25, -0.2) is 0 Å². The van der Waals surface area contributed by atoms with E-state index in [1.807, 2.05) is 19.9 Å². The number of hydrogen-bond acceptors (Lipinski definition) is 2. The molecule has 0 radical (unpaired) electrons. The number of phenolic OH excluding ortho intramolecular Hbond substituents is 1. The number of phenols is 1. The van der Waals surface area contributed by atoms with E-state index in [-0.39, 0.29) is 5.92 Å². The van der Waals surface area contributed by atoms with E-state index in [1.54, 1.807) is 6.07 Å². The van der Waals surface area contributed by atoms with Crippen LogP contribution in [0, 0.1) is 6.92 Å². The summed E-state index contributed by atoms with van der Waals surface area (Å²) in [5.74, 6) is 0.561. The minimum Gasteiger partial charge on any atom is -0.508 e. The molecule has 0 spiro atoms. The second-order valence-corrected chi connectivity index (χ2v) is 4.05. The first-order chi connectivity index (χ1) is 6.56. The summed E-state index contributed by atoms with van der Waals surface area (Å²) in [7, 11) is 0. The van der Waals surface area contributed by atoms with Crippen LogP contribution in [0.4, 0.5) is 0 Å². The Morgan fingerprint density at radius 2 is 2.14 bits per heavy atom. The second-order valence-electron chi connectivity index (χ2n) is 3.64. The normalized spacial score (nSPS) is 12.9. The third-order valence-electron chi connectivity index (χ3n) is 2.44. The summed E-state index contributed by atoms with van der Waals surface area (Å²) < 4.78 is 0. The summed E-state index contributed by atoms with van der Waals surface area (Å²) in [6.07, 6.45) is 0.854. The molecule has 0 heterocycles. The van der Waals surface area contributed by atoms with Gasteiger partial charge in [0.25, 0.3) is 0 Å². The molecule has 1 atom stereocenters. The quantitative estimate of drug-likeness (QED) is 0.811. The maximum atomic E-state index is 9.71. The summed E-state index contributed by atoms with van der Waals surface area (Å²) in [5.41, 5.74) is 7.25. The highest BCUT2D eigenvalue weighted by molar-refractivity contribution is 6.31. The van der Waals surface area contributed by atoms with Crippen LogP contribution in [0.3, 0.4) is 0 Å². The molecule has 0 aromatic heterocycles. The highest BCUT2D eigenvalue weighted by atomic mass is 35.5. The van der Waals surface area contributed by atoms with E-state index in [0.717, 1.165) is 17.5 Å². The predicted octanol–water partition coefficient (Wildman–Crippen LogP) is 2.81. The summed E-state index contributed by atoms with van der Waals surface area (Å²) in [6.45, 7) is 4.53. The van der Waals surface area contributed by atoms with Gasteiger partial charge in [0.1, 0.15) is 5.75 Å². The zero-order valence-electron chi connectivity index (χ0n) is 8.55. The van der Waals surface area contributed by atoms with Crippen LogP contribution in [-0.2, 0) is 0 Å². The Morgan fingerprint density at radius 1 is 1.50 bits per heavy atom. The van der Waals surface area contributed by atoms with E-state index in [2.05, 4.69) is 0 Å². The lowest BCUT2D eigenvalue weighted by Crippen LogP contribution is -2.04. The molecule has 1 unspecified atom stereocenters. The fourth-order valence-corrected chi connectivity index (χ4v) is 1.65. The van der Waals surface area contributed by atoms with E-state index < -0.39 is 0 Å². The number of benzene rings is 1. The Labute approximate surface area is 89.7 Å². The molecule has 14 heavy (non-hydrogen) atoms. The molecule has 1 aromatic carbocycles. The first kappa shape index (κ1) is 11.3. The van der Waals surface area contributed by atoms with Crippen LogP contribution in [0.2, 0.25) is 5.02 Å². The Morgan fingerprint density at radius 3 is 2.71 bits per heavy atom. The fourth-order valence-electron chi connectivity index (χ4n) is 1.48. The van der Waals surface area contributed by atoms with Gasteiger partial charge in [0.15, 0.2) is 0 Å². The lowest BCUT2D eigenvalue weighted by Gasteiger charge is -2.13. The zero-order chi connectivity index (χ0) is 10.7. The van der Waals surface area contributed by atoms with E-state index in [9.17, 15) is 5.11 Å². The number of rotatable bonds is 3. The lowest BCUT2D eigenvalue weighted by molar-refractivity contribution is 0.460. The van der Waals surface area contributed by atoms with Crippen LogP contribution >= 0.6 is 11.6 Å². The molecule has 78 valence electrons. The van der Waals surface area contributed by atoms with Gasteiger partial charge in [-0.3, -0.25) is 0 Å². The summed E-state index contributed by atoms with van der Waals surface area (Å²) >= 11 is 5.99. The molecule has 3 heteroatoms. The van der Waals surface area contributed by atoms with Crippen molar-refractivity contribution in [2.75, 3.05) is 6.54 Å². The van der Waals surface area contributed by atoms with E-state index in [1.165, 1.54) is 0 Å². The van der Waals surface area contributed by atoms with Crippen molar-refractivity contribution in [2.45, 2.75) is 26.2 Å². The third-order valence-corrected chi connectivity index (χ3v) is 2.85. The van der Waals surface area contributed by atoms with Crippen molar-refractivity contribution in [3.8, 4) is 5.75 Å². The molecule has 0 fully saturated rings. The van der Waals surface area contributed by atoms with Gasteiger partial charge in [0.2, 0.25) is 0 Å². The SMILES string of the molecule is Cc1cc(O)c(C(C)CCN)cc1Cl. The van der Waals surface area contributed by atoms with Crippen molar-refractivity contribution >= 4 is 11.6 Å². The standard InChI is InChI=1S/C11H16ClNO/c1-7(3-4-13)9-6-10(12)8(2)5-11(9)14/h5-7,14H,3-4,13H2,1-2H3. The van der Waals surface area contributed by atoms with Gasteiger partial charge >= 0.3 is 0 Å². The van der Waals surface area contributed by atoms with Crippen molar-refractivity contribution in [1.82, 2.24) is 0 Å². The third kappa shape index (κ3) is 2.40. The van der Waals surface area contributed by atoms with Crippen LogP contribution in [0.1, 0.15) is 30.4 Å². The highest BCUT2D eigenvalue weighted by Crippen LogP contribution is 2.32. The van der Waals surface area contributed by atoms with Gasteiger partial charge in [0, 0.05) is 5.02 Å². The number of aromatic hydroxyl groups is 1. The smallest absolute Gasteiger partial charge is 0.119 e. The fraction of sp³-hybridized carbons (Fsp3) is 0.455. The minimum absolute atomic E-state index is 0.248. The maximum absolute atomic E-state index is 9.71. The molecule has 0 saturated carbocycles. The Kier molecular flexibility index (Phi) is 3.78. The average Bonchev–Trinajstić information content (AvgIpc) is 2.11. The van der Waals surface area contributed by atoms with Gasteiger partial charge in [0.05, 0.1) is 0 Å². The monoisotopic (exact) mass is 213 g/mol. The molecular formula is C11H16ClNO. The summed E-state index contributed by atoms with van der Waals surface area (Å²) in [6, 6.07) is 3.53. The Hall–Kier alpha value is -0.730. The van der Waals surface area contributed by atoms with Gasteiger partial charge in [-0.1, -0.05) is 18.5 Å². The van der Waals surface area contributed by atoms with Crippen LogP contribution < -0.4 is 5.73 Å². The largest absolute Gasteiger partial charge is 0.508 e. The van der Waals surface area contributed by atoms with Crippen molar-refractivity contribution < 1.29 is 5.11 Å². The first-order valence-corrected chi connectivity index (χ1v) is 5.13. The number of aryl methyl sites for hydroxylation is 1. The second kappa shape index (κ2) is 4.67. The molecule has 1 aromatic rings. The molecule has 0 amide bonds. The molecule has 2 nitrogen and oxygen atoms in total. The zero-order valence-corrected chi connectivity index (χ0v) is 9.30. The first-order valence-electron chi connectivity index (χ1n) is 4.75. The maximum Gasteiger partial charge on any atom is 0.119 e. The molecular weight excluding hydrogens is 198 g/mol. The van der Waals surface area contributed by atoms with Crippen LogP contribution in [0.5, 0.6) is 5.75 Å². The van der Waals surface area contributed by atoms with Crippen molar-refractivity contribution in [3.05, 3.63) is 28.3 Å². The van der Waals surface area contributed by atoms with Crippen molar-refractivity contribution in [2.24, 2.45) is 5.73 Å². The topological polar surface area (TPSA) is 46.2 Å². The predicted molar refractivity (Wildman–Crippen MR) is 59.9 cm³/mol. The van der Waals surface area contributed by atoms with E-state index in [4.69, 9.17) is 17.3 Å². The average molecular weight is 214 g/mol. The molecule has 0 bridgehead atoms. The number of hydrogen-bond donors (Lipinski definition) is 2. The van der Waals surface area contributed by atoms with Crippen LogP contribution in [0.25, 0.3) is 0 Å². The number of nitrogens with two attached hydrogens (primary N) is 1. The van der Waals surface area contributed by atoms with E-state index >= 15 is 0 Å². The van der Waals surface area contributed by atoms with Crippen LogP contribution in [-0.4, -0.2) is 11.7 Å².